The molecular weight excluding hydrogens is 242 g/mol. The first kappa shape index (κ1) is 11.9. The molecule has 0 saturated heterocycles. The molecule has 6 heteroatoms. The number of aliphatic hydroxyl groups is 1. The topological polar surface area (TPSA) is 60.2 Å². The second kappa shape index (κ2) is 5.16. The maximum absolute atomic E-state index is 8.93. The highest BCUT2D eigenvalue weighted by atomic mass is 35.5. The lowest BCUT2D eigenvalue weighted by Crippen LogP contribution is -1.93. The van der Waals surface area contributed by atoms with Crippen molar-refractivity contribution in [1.82, 2.24) is 14.8 Å². The van der Waals surface area contributed by atoms with Crippen molar-refractivity contribution in [2.24, 2.45) is 0 Å². The number of rotatable bonds is 4. The summed E-state index contributed by atoms with van der Waals surface area (Å²) in [5.74, 6) is 0.887. The third kappa shape index (κ3) is 2.75. The van der Waals surface area contributed by atoms with Crippen LogP contribution in [0, 0.1) is 0 Å². The maximum Gasteiger partial charge on any atom is 0.238 e. The van der Waals surface area contributed by atoms with Gasteiger partial charge in [0.05, 0.1) is 19.0 Å². The van der Waals surface area contributed by atoms with Gasteiger partial charge in [-0.15, -0.1) is 0 Å². The van der Waals surface area contributed by atoms with Gasteiger partial charge in [-0.2, -0.15) is 5.10 Å². The molecule has 2 aromatic heterocycles. The van der Waals surface area contributed by atoms with E-state index in [1.54, 1.807) is 23.1 Å². The Morgan fingerprint density at radius 1 is 1.47 bits per heavy atom. The average molecular weight is 254 g/mol. The minimum absolute atomic E-state index is 0.0965. The quantitative estimate of drug-likeness (QED) is 0.908. The van der Waals surface area contributed by atoms with Gasteiger partial charge in [0.15, 0.2) is 5.75 Å². The molecule has 0 aliphatic carbocycles. The fourth-order valence-corrected chi connectivity index (χ4v) is 1.54. The van der Waals surface area contributed by atoms with Crippen molar-refractivity contribution in [3.63, 3.8) is 0 Å². The van der Waals surface area contributed by atoms with Crippen molar-refractivity contribution in [3.05, 3.63) is 35.2 Å². The van der Waals surface area contributed by atoms with Crippen LogP contribution in [-0.2, 0) is 13.2 Å². The summed E-state index contributed by atoms with van der Waals surface area (Å²) in [5, 5.41) is 13.4. The number of hydrogen-bond donors (Lipinski definition) is 1. The molecule has 0 aliphatic heterocycles. The van der Waals surface area contributed by atoms with E-state index in [1.807, 2.05) is 6.92 Å². The molecule has 0 bridgehead atoms. The molecule has 2 rings (SSSR count). The summed E-state index contributed by atoms with van der Waals surface area (Å²) >= 11 is 5.97. The van der Waals surface area contributed by atoms with Gasteiger partial charge in [0.2, 0.25) is 5.88 Å². The van der Waals surface area contributed by atoms with E-state index < -0.39 is 0 Å². The van der Waals surface area contributed by atoms with Crippen LogP contribution in [-0.4, -0.2) is 19.9 Å². The summed E-state index contributed by atoms with van der Waals surface area (Å²) in [6.45, 7) is 2.66. The number of aliphatic hydroxyl groups excluding tert-OH is 1. The van der Waals surface area contributed by atoms with Gasteiger partial charge in [-0.25, -0.2) is 4.98 Å². The number of aryl methyl sites for hydroxylation is 1. The molecule has 0 fully saturated rings. The van der Waals surface area contributed by atoms with Crippen molar-refractivity contribution in [1.29, 1.82) is 0 Å². The molecule has 0 radical (unpaired) electrons. The van der Waals surface area contributed by atoms with Gasteiger partial charge in [-0.1, -0.05) is 11.6 Å². The molecule has 0 amide bonds. The van der Waals surface area contributed by atoms with Crippen LogP contribution in [0.1, 0.15) is 12.5 Å². The van der Waals surface area contributed by atoms with Crippen molar-refractivity contribution >= 4 is 11.6 Å². The Kier molecular flexibility index (Phi) is 3.61. The Hall–Kier alpha value is -1.59. The van der Waals surface area contributed by atoms with E-state index in [-0.39, 0.29) is 6.61 Å². The number of aromatic nitrogens is 3. The minimum atomic E-state index is -0.0965. The van der Waals surface area contributed by atoms with Crippen molar-refractivity contribution in [3.8, 4) is 11.6 Å². The smallest absolute Gasteiger partial charge is 0.238 e. The number of hydrogen-bond acceptors (Lipinski definition) is 4. The van der Waals surface area contributed by atoms with Crippen LogP contribution >= 0.6 is 11.6 Å². The minimum Gasteiger partial charge on any atom is -0.434 e. The van der Waals surface area contributed by atoms with Crippen LogP contribution < -0.4 is 4.74 Å². The Labute approximate surface area is 104 Å². The van der Waals surface area contributed by atoms with Crippen LogP contribution in [0.4, 0.5) is 0 Å². The molecule has 0 saturated carbocycles. The Morgan fingerprint density at radius 2 is 2.29 bits per heavy atom. The molecule has 2 heterocycles. The van der Waals surface area contributed by atoms with Crippen LogP contribution in [0.25, 0.3) is 0 Å². The van der Waals surface area contributed by atoms with Gasteiger partial charge in [0, 0.05) is 12.7 Å². The predicted octanol–water partition coefficient (Wildman–Crippen LogP) is 2.24. The maximum atomic E-state index is 8.93. The highest BCUT2D eigenvalue weighted by molar-refractivity contribution is 6.31. The summed E-state index contributed by atoms with van der Waals surface area (Å²) in [7, 11) is 0. The summed E-state index contributed by atoms with van der Waals surface area (Å²) < 4.78 is 7.22. The second-order valence-electron chi connectivity index (χ2n) is 3.42. The highest BCUT2D eigenvalue weighted by Gasteiger charge is 2.07. The van der Waals surface area contributed by atoms with E-state index in [0.29, 0.717) is 22.2 Å². The largest absolute Gasteiger partial charge is 0.434 e. The third-order valence-electron chi connectivity index (χ3n) is 2.19. The zero-order chi connectivity index (χ0) is 12.3. The van der Waals surface area contributed by atoms with E-state index >= 15 is 0 Å². The lowest BCUT2D eigenvalue weighted by atomic mass is 10.3. The zero-order valence-electron chi connectivity index (χ0n) is 9.30. The number of ether oxygens (including phenoxy) is 1. The van der Waals surface area contributed by atoms with Crippen molar-refractivity contribution in [2.75, 3.05) is 0 Å². The van der Waals surface area contributed by atoms with E-state index in [0.717, 1.165) is 6.54 Å². The second-order valence-corrected chi connectivity index (χ2v) is 3.83. The molecule has 17 heavy (non-hydrogen) atoms. The average Bonchev–Trinajstić information content (AvgIpc) is 2.79. The van der Waals surface area contributed by atoms with Crippen LogP contribution in [0.15, 0.2) is 24.7 Å². The lowest BCUT2D eigenvalue weighted by molar-refractivity contribution is 0.281. The first-order valence-corrected chi connectivity index (χ1v) is 5.56. The van der Waals surface area contributed by atoms with E-state index in [9.17, 15) is 0 Å². The first-order chi connectivity index (χ1) is 8.22. The van der Waals surface area contributed by atoms with Gasteiger partial charge >= 0.3 is 0 Å². The zero-order valence-corrected chi connectivity index (χ0v) is 10.1. The molecule has 1 N–H and O–H groups in total. The molecule has 90 valence electrons. The molecule has 5 nitrogen and oxygen atoms in total. The van der Waals surface area contributed by atoms with E-state index in [4.69, 9.17) is 21.4 Å². The number of pyridine rings is 1. The number of nitrogens with zero attached hydrogens (tertiary/aromatic N) is 3. The summed E-state index contributed by atoms with van der Waals surface area (Å²) in [6.07, 6.45) is 4.88. The first-order valence-electron chi connectivity index (χ1n) is 5.18. The molecule has 0 aromatic carbocycles. The molecule has 0 unspecified atom stereocenters. The van der Waals surface area contributed by atoms with E-state index in [2.05, 4.69) is 10.1 Å². The Morgan fingerprint density at radius 3 is 2.88 bits per heavy atom. The van der Waals surface area contributed by atoms with Crippen molar-refractivity contribution < 1.29 is 9.84 Å². The molecular formula is C11H12ClN3O2. The van der Waals surface area contributed by atoms with Crippen LogP contribution in [0.3, 0.4) is 0 Å². The Bertz CT molecular complexity index is 513. The van der Waals surface area contributed by atoms with Gasteiger partial charge in [-0.3, -0.25) is 4.68 Å². The van der Waals surface area contributed by atoms with Crippen LogP contribution in [0.5, 0.6) is 11.6 Å². The van der Waals surface area contributed by atoms with Crippen LogP contribution in [0.2, 0.25) is 5.02 Å². The fraction of sp³-hybridized carbons (Fsp3) is 0.273. The van der Waals surface area contributed by atoms with Crippen molar-refractivity contribution in [2.45, 2.75) is 20.1 Å². The van der Waals surface area contributed by atoms with Gasteiger partial charge < -0.3 is 9.84 Å². The van der Waals surface area contributed by atoms with Gasteiger partial charge in [0.1, 0.15) is 5.02 Å². The summed E-state index contributed by atoms with van der Waals surface area (Å²) in [4.78, 5) is 4.03. The summed E-state index contributed by atoms with van der Waals surface area (Å²) in [5.41, 5.74) is 0.645. The fourth-order valence-electron chi connectivity index (χ4n) is 1.31. The molecule has 2 aromatic rings. The SMILES string of the molecule is CCn1cc(Oc2ncc(CO)cc2Cl)cn1. The normalized spacial score (nSPS) is 10.5. The predicted molar refractivity (Wildman–Crippen MR) is 63.1 cm³/mol. The standard InChI is InChI=1S/C11H12ClN3O2/c1-2-15-6-9(5-14-15)17-11-10(12)3-8(7-16)4-13-11/h3-6,16H,2,7H2,1H3. The third-order valence-corrected chi connectivity index (χ3v) is 2.47. The number of halogens is 1. The van der Waals surface area contributed by atoms with E-state index in [1.165, 1.54) is 6.20 Å². The molecule has 0 atom stereocenters. The van der Waals surface area contributed by atoms with Gasteiger partial charge in [0.25, 0.3) is 0 Å². The highest BCUT2D eigenvalue weighted by Crippen LogP contribution is 2.27. The monoisotopic (exact) mass is 253 g/mol. The summed E-state index contributed by atoms with van der Waals surface area (Å²) in [6, 6.07) is 1.62. The van der Waals surface area contributed by atoms with Gasteiger partial charge in [-0.05, 0) is 18.6 Å². The lowest BCUT2D eigenvalue weighted by Gasteiger charge is -2.04. The molecule has 0 spiro atoms. The molecule has 0 aliphatic rings. The Balaban J connectivity index is 2.18.